The first kappa shape index (κ1) is 24.4. The standard InChI is InChI=1S/C23H30ClN5O2S/c1-3-4-6-19(28-22-8-7-17(24)14-26-22)18-15-25-21(13-20(18)27-16-32-2)23(30)29-9-5-11-31-12-10-29/h6-8,13-15H,3-5,9-12,16H2,1-2H3,(H,25,27)(H,26,28)/b19-6+. The van der Waals surface area contributed by atoms with E-state index in [1.807, 2.05) is 23.3 Å². The minimum Gasteiger partial charge on any atom is -0.380 e. The van der Waals surface area contributed by atoms with E-state index in [4.69, 9.17) is 16.3 Å². The Hall–Kier alpha value is -2.29. The fourth-order valence-corrected chi connectivity index (χ4v) is 3.71. The van der Waals surface area contributed by atoms with Crippen LogP contribution in [0.25, 0.3) is 5.70 Å². The van der Waals surface area contributed by atoms with Gasteiger partial charge in [0.05, 0.1) is 17.5 Å². The summed E-state index contributed by atoms with van der Waals surface area (Å²) in [6.45, 7) is 4.64. The Kier molecular flexibility index (Phi) is 9.64. The van der Waals surface area contributed by atoms with Crippen molar-refractivity contribution in [1.82, 2.24) is 14.9 Å². The molecule has 2 aromatic heterocycles. The van der Waals surface area contributed by atoms with Crippen molar-refractivity contribution in [3.05, 3.63) is 52.9 Å². The minimum atomic E-state index is -0.0688. The number of hydrogen-bond donors (Lipinski definition) is 2. The first-order chi connectivity index (χ1) is 15.6. The number of thioether (sulfide) groups is 1. The summed E-state index contributed by atoms with van der Waals surface area (Å²) in [6, 6.07) is 5.48. The Balaban J connectivity index is 1.92. The largest absolute Gasteiger partial charge is 0.380 e. The maximum absolute atomic E-state index is 13.1. The van der Waals surface area contributed by atoms with Gasteiger partial charge in [-0.05, 0) is 37.3 Å². The van der Waals surface area contributed by atoms with E-state index in [2.05, 4.69) is 33.6 Å². The molecule has 3 heterocycles. The van der Waals surface area contributed by atoms with E-state index in [9.17, 15) is 4.79 Å². The summed E-state index contributed by atoms with van der Waals surface area (Å²) in [5.74, 6) is 1.33. The lowest BCUT2D eigenvalue weighted by Crippen LogP contribution is -2.33. The van der Waals surface area contributed by atoms with Crippen LogP contribution in [0.15, 0.2) is 36.7 Å². The van der Waals surface area contributed by atoms with Crippen LogP contribution in [-0.2, 0) is 4.74 Å². The van der Waals surface area contributed by atoms with Gasteiger partial charge in [0.2, 0.25) is 0 Å². The molecule has 3 rings (SSSR count). The van der Waals surface area contributed by atoms with Crippen molar-refractivity contribution < 1.29 is 9.53 Å². The number of anilines is 2. The number of amides is 1. The van der Waals surface area contributed by atoms with Gasteiger partial charge in [-0.25, -0.2) is 4.98 Å². The van der Waals surface area contributed by atoms with Crippen molar-refractivity contribution in [2.24, 2.45) is 0 Å². The van der Waals surface area contributed by atoms with Gasteiger partial charge in [-0.15, -0.1) is 11.8 Å². The summed E-state index contributed by atoms with van der Waals surface area (Å²) in [5.41, 5.74) is 3.06. The van der Waals surface area contributed by atoms with Crippen molar-refractivity contribution in [3.8, 4) is 0 Å². The maximum atomic E-state index is 13.1. The lowest BCUT2D eigenvalue weighted by atomic mass is 10.1. The highest BCUT2D eigenvalue weighted by molar-refractivity contribution is 7.98. The maximum Gasteiger partial charge on any atom is 0.272 e. The SMILES string of the molecule is CCC/C=C(/Nc1ccc(Cl)cn1)c1cnc(C(=O)N2CCCOCC2)cc1NCSC. The van der Waals surface area contributed by atoms with Gasteiger partial charge in [0.25, 0.3) is 5.91 Å². The molecule has 2 aromatic rings. The van der Waals surface area contributed by atoms with Crippen molar-refractivity contribution in [2.45, 2.75) is 26.2 Å². The molecule has 0 aliphatic carbocycles. The first-order valence-electron chi connectivity index (χ1n) is 10.8. The second-order valence-corrected chi connectivity index (χ2v) is 8.68. The quantitative estimate of drug-likeness (QED) is 0.495. The average Bonchev–Trinajstić information content (AvgIpc) is 3.11. The van der Waals surface area contributed by atoms with Crippen molar-refractivity contribution in [2.75, 3.05) is 49.1 Å². The van der Waals surface area contributed by atoms with E-state index < -0.39 is 0 Å². The topological polar surface area (TPSA) is 79.4 Å². The highest BCUT2D eigenvalue weighted by Crippen LogP contribution is 2.27. The summed E-state index contributed by atoms with van der Waals surface area (Å²) in [4.78, 5) is 23.8. The van der Waals surface area contributed by atoms with E-state index in [-0.39, 0.29) is 5.91 Å². The van der Waals surface area contributed by atoms with Crippen LogP contribution in [0.2, 0.25) is 5.02 Å². The van der Waals surface area contributed by atoms with Gasteiger partial charge in [-0.2, -0.15) is 0 Å². The van der Waals surface area contributed by atoms with Crippen molar-refractivity contribution >= 4 is 46.5 Å². The molecular weight excluding hydrogens is 446 g/mol. The highest BCUT2D eigenvalue weighted by atomic mass is 35.5. The van der Waals surface area contributed by atoms with Crippen molar-refractivity contribution in [1.29, 1.82) is 0 Å². The number of rotatable bonds is 9. The van der Waals surface area contributed by atoms with E-state index in [1.54, 1.807) is 30.2 Å². The first-order valence-corrected chi connectivity index (χ1v) is 12.6. The van der Waals surface area contributed by atoms with Crippen LogP contribution < -0.4 is 10.6 Å². The third-order valence-electron chi connectivity index (χ3n) is 4.96. The lowest BCUT2D eigenvalue weighted by molar-refractivity contribution is 0.0735. The van der Waals surface area contributed by atoms with Crippen LogP contribution in [0.1, 0.15) is 42.2 Å². The lowest BCUT2D eigenvalue weighted by Gasteiger charge is -2.21. The number of nitrogens with one attached hydrogen (secondary N) is 2. The minimum absolute atomic E-state index is 0.0688. The molecular formula is C23H30ClN5O2S. The third-order valence-corrected chi connectivity index (χ3v) is 5.61. The highest BCUT2D eigenvalue weighted by Gasteiger charge is 2.21. The molecule has 0 spiro atoms. The zero-order valence-corrected chi connectivity index (χ0v) is 20.1. The van der Waals surface area contributed by atoms with Gasteiger partial charge >= 0.3 is 0 Å². The molecule has 32 heavy (non-hydrogen) atoms. The number of allylic oxidation sites excluding steroid dienone is 1. The zero-order valence-electron chi connectivity index (χ0n) is 18.6. The smallest absolute Gasteiger partial charge is 0.272 e. The number of pyridine rings is 2. The Morgan fingerprint density at radius 3 is 2.91 bits per heavy atom. The van der Waals surface area contributed by atoms with Crippen LogP contribution in [-0.4, -0.2) is 59.2 Å². The number of aromatic nitrogens is 2. The number of ether oxygens (including phenoxy) is 1. The Morgan fingerprint density at radius 1 is 1.28 bits per heavy atom. The van der Waals surface area contributed by atoms with Crippen molar-refractivity contribution in [3.63, 3.8) is 0 Å². The molecule has 7 nitrogen and oxygen atoms in total. The Labute approximate surface area is 199 Å². The molecule has 0 atom stereocenters. The number of halogens is 1. The molecule has 0 unspecified atom stereocenters. The molecule has 0 aromatic carbocycles. The van der Waals surface area contributed by atoms with Crippen LogP contribution in [0.4, 0.5) is 11.5 Å². The van der Waals surface area contributed by atoms with Gasteiger partial charge in [-0.1, -0.05) is 31.0 Å². The normalized spacial score (nSPS) is 14.7. The molecule has 9 heteroatoms. The monoisotopic (exact) mass is 475 g/mol. The molecule has 0 radical (unpaired) electrons. The van der Waals surface area contributed by atoms with Gasteiger partial charge < -0.3 is 20.3 Å². The predicted molar refractivity (Wildman–Crippen MR) is 133 cm³/mol. The second-order valence-electron chi connectivity index (χ2n) is 7.38. The van der Waals surface area contributed by atoms with E-state index in [0.717, 1.165) is 36.2 Å². The molecule has 2 N–H and O–H groups in total. The molecule has 1 amide bonds. The number of hydrogen-bond acceptors (Lipinski definition) is 7. The predicted octanol–water partition coefficient (Wildman–Crippen LogP) is 4.98. The fraction of sp³-hybridized carbons (Fsp3) is 0.435. The molecule has 1 aliphatic rings. The van der Waals surface area contributed by atoms with Crippen LogP contribution >= 0.6 is 23.4 Å². The number of carbonyl (C=O) groups excluding carboxylic acids is 1. The van der Waals surface area contributed by atoms with Gasteiger partial charge in [0.15, 0.2) is 0 Å². The number of unbranched alkanes of at least 4 members (excludes halogenated alkanes) is 1. The third kappa shape index (κ3) is 6.85. The van der Waals surface area contributed by atoms with Crippen LogP contribution in [0, 0.1) is 0 Å². The van der Waals surface area contributed by atoms with Crippen LogP contribution in [0.5, 0.6) is 0 Å². The Bertz CT molecular complexity index is 915. The number of carbonyl (C=O) groups is 1. The fourth-order valence-electron chi connectivity index (χ4n) is 3.30. The van der Waals surface area contributed by atoms with Crippen LogP contribution in [0.3, 0.4) is 0 Å². The molecule has 0 bridgehead atoms. The summed E-state index contributed by atoms with van der Waals surface area (Å²) >= 11 is 7.66. The number of nitrogens with zero attached hydrogens (tertiary/aromatic N) is 3. The molecule has 1 saturated heterocycles. The summed E-state index contributed by atoms with van der Waals surface area (Å²) in [5, 5.41) is 7.40. The summed E-state index contributed by atoms with van der Waals surface area (Å²) in [7, 11) is 0. The molecule has 1 aliphatic heterocycles. The summed E-state index contributed by atoms with van der Waals surface area (Å²) < 4.78 is 5.48. The molecule has 1 fully saturated rings. The molecule has 172 valence electrons. The van der Waals surface area contributed by atoms with Gasteiger partial charge in [-0.3, -0.25) is 9.78 Å². The van der Waals surface area contributed by atoms with Gasteiger partial charge in [0, 0.05) is 49.0 Å². The van der Waals surface area contributed by atoms with E-state index in [0.29, 0.717) is 48.7 Å². The Morgan fingerprint density at radius 2 is 2.16 bits per heavy atom. The summed E-state index contributed by atoms with van der Waals surface area (Å²) in [6.07, 6.45) is 10.3. The molecule has 0 saturated carbocycles. The van der Waals surface area contributed by atoms with E-state index >= 15 is 0 Å². The average molecular weight is 476 g/mol. The second kappa shape index (κ2) is 12.7. The zero-order chi connectivity index (χ0) is 22.8. The van der Waals surface area contributed by atoms with Gasteiger partial charge in [0.1, 0.15) is 11.5 Å². The van der Waals surface area contributed by atoms with E-state index in [1.165, 1.54) is 0 Å².